The summed E-state index contributed by atoms with van der Waals surface area (Å²) in [6, 6.07) is 0. The molecule has 0 aromatic rings. The molecular formula is C42H71NO8. The summed E-state index contributed by atoms with van der Waals surface area (Å²) >= 11 is 0. The van der Waals surface area contributed by atoms with E-state index in [2.05, 4.69) is 74.6 Å². The molecule has 2 unspecified atom stereocenters. The van der Waals surface area contributed by atoms with Gasteiger partial charge in [-0.15, -0.1) is 0 Å². The molecule has 292 valence electrons. The number of carbonyl (C=O) groups excluding carboxylic acids is 3. The Morgan fingerprint density at radius 1 is 0.608 bits per heavy atom. The first-order valence-electron chi connectivity index (χ1n) is 19.4. The molecule has 2 atom stereocenters. The number of hydrogen-bond acceptors (Lipinski definition) is 8. The monoisotopic (exact) mass is 718 g/mol. The third kappa shape index (κ3) is 35.2. The summed E-state index contributed by atoms with van der Waals surface area (Å²) < 4.78 is 22.3. The van der Waals surface area contributed by atoms with E-state index in [-0.39, 0.29) is 38.6 Å². The number of carbonyl (C=O) groups is 3. The maximum atomic E-state index is 12.6. The van der Waals surface area contributed by atoms with Crippen LogP contribution in [0.5, 0.6) is 0 Å². The topological polar surface area (TPSA) is 111 Å². The standard InChI is InChI=1S/C42H71NO8/c1-6-8-10-12-13-14-15-16-17-18-19-20-21-22-23-24-25-26-27-29-31-33-40(45)51-38(36-49-39(44)32-30-28-11-9-7-2)37-50-42(41(46)47)48-35-34-43(3,4)5/h8,10,13-14,16-17,19-20,22-23,38,42H,6-7,9,11-12,15,18,21,24-37H2,1-5H3/b10-8-,14-13-,17-16-,20-19-,23-22-. The van der Waals surface area contributed by atoms with Crippen molar-refractivity contribution in [2.24, 2.45) is 0 Å². The first kappa shape index (κ1) is 48.0. The Bertz CT molecular complexity index is 1020. The van der Waals surface area contributed by atoms with Crippen molar-refractivity contribution in [2.45, 2.75) is 142 Å². The molecule has 0 aliphatic heterocycles. The minimum atomic E-state index is -1.62. The number of esters is 2. The van der Waals surface area contributed by atoms with Gasteiger partial charge in [0.1, 0.15) is 13.2 Å². The van der Waals surface area contributed by atoms with Gasteiger partial charge in [-0.05, 0) is 57.8 Å². The number of rotatable bonds is 34. The minimum absolute atomic E-state index is 0.141. The van der Waals surface area contributed by atoms with Crippen LogP contribution in [0.15, 0.2) is 60.8 Å². The maximum Gasteiger partial charge on any atom is 0.306 e. The zero-order valence-electron chi connectivity index (χ0n) is 32.7. The van der Waals surface area contributed by atoms with Crippen LogP contribution < -0.4 is 5.11 Å². The average Bonchev–Trinajstić information content (AvgIpc) is 3.08. The summed E-state index contributed by atoms with van der Waals surface area (Å²) in [6.45, 7) is 4.47. The molecule has 0 saturated heterocycles. The number of aliphatic carboxylic acids is 1. The smallest absolute Gasteiger partial charge is 0.306 e. The van der Waals surface area contributed by atoms with Crippen molar-refractivity contribution in [3.8, 4) is 0 Å². The van der Waals surface area contributed by atoms with Crippen LogP contribution in [0.3, 0.4) is 0 Å². The van der Waals surface area contributed by atoms with E-state index in [1.54, 1.807) is 0 Å². The third-order valence-electron chi connectivity index (χ3n) is 7.78. The van der Waals surface area contributed by atoms with Crippen LogP contribution in [0.25, 0.3) is 0 Å². The highest BCUT2D eigenvalue weighted by atomic mass is 16.7. The molecule has 0 amide bonds. The minimum Gasteiger partial charge on any atom is -0.545 e. The number of nitrogens with zero attached hydrogens (tertiary/aromatic N) is 1. The number of quaternary nitrogens is 1. The Morgan fingerprint density at radius 2 is 1.12 bits per heavy atom. The molecule has 9 heteroatoms. The van der Waals surface area contributed by atoms with Crippen molar-refractivity contribution in [1.82, 2.24) is 0 Å². The normalized spacial score (nSPS) is 13.7. The van der Waals surface area contributed by atoms with Gasteiger partial charge in [0.25, 0.3) is 0 Å². The van der Waals surface area contributed by atoms with Gasteiger partial charge in [0.2, 0.25) is 0 Å². The Kier molecular flexibility index (Phi) is 32.1. The predicted molar refractivity (Wildman–Crippen MR) is 205 cm³/mol. The molecule has 51 heavy (non-hydrogen) atoms. The molecule has 0 aromatic carbocycles. The van der Waals surface area contributed by atoms with Crippen LogP contribution in [-0.4, -0.2) is 82.3 Å². The number of carboxylic acid groups (broad SMARTS) is 1. The second kappa shape index (κ2) is 34.1. The summed E-state index contributed by atoms with van der Waals surface area (Å²) in [5.74, 6) is -2.34. The van der Waals surface area contributed by atoms with Crippen molar-refractivity contribution in [2.75, 3.05) is 47.5 Å². The van der Waals surface area contributed by atoms with E-state index in [0.29, 0.717) is 17.4 Å². The van der Waals surface area contributed by atoms with Gasteiger partial charge in [-0.3, -0.25) is 9.59 Å². The van der Waals surface area contributed by atoms with E-state index in [9.17, 15) is 19.5 Å². The molecule has 0 aliphatic carbocycles. The molecule has 0 aliphatic rings. The first-order valence-corrected chi connectivity index (χ1v) is 19.4. The van der Waals surface area contributed by atoms with Gasteiger partial charge in [0.05, 0.1) is 40.3 Å². The molecular weight excluding hydrogens is 646 g/mol. The first-order chi connectivity index (χ1) is 24.6. The SMILES string of the molecule is CC/C=C\C/C=C\C/C=C\C/C=C\C/C=C\CCCCCCCC(=O)OC(COC(=O)CCCCCCC)COC(OCC[N+](C)(C)C)C(=O)[O-]. The van der Waals surface area contributed by atoms with E-state index in [1.807, 2.05) is 21.1 Å². The van der Waals surface area contributed by atoms with Gasteiger partial charge in [0.15, 0.2) is 12.4 Å². The van der Waals surface area contributed by atoms with Gasteiger partial charge in [-0.1, -0.05) is 120 Å². The van der Waals surface area contributed by atoms with Crippen molar-refractivity contribution in [3.05, 3.63) is 60.8 Å². The molecule has 0 spiro atoms. The fourth-order valence-corrected chi connectivity index (χ4v) is 4.73. The van der Waals surface area contributed by atoms with E-state index in [4.69, 9.17) is 18.9 Å². The highest BCUT2D eigenvalue weighted by Crippen LogP contribution is 2.11. The van der Waals surface area contributed by atoms with Crippen molar-refractivity contribution >= 4 is 17.9 Å². The summed E-state index contributed by atoms with van der Waals surface area (Å²) in [6.07, 6.45) is 35.8. The Balaban J connectivity index is 4.39. The zero-order chi connectivity index (χ0) is 37.8. The van der Waals surface area contributed by atoms with E-state index < -0.39 is 24.3 Å². The van der Waals surface area contributed by atoms with Crippen LogP contribution in [0, 0.1) is 0 Å². The number of hydrogen-bond donors (Lipinski definition) is 0. The Hall–Kier alpha value is -3.01. The lowest BCUT2D eigenvalue weighted by molar-refractivity contribution is -0.870. The fourth-order valence-electron chi connectivity index (χ4n) is 4.73. The van der Waals surface area contributed by atoms with E-state index in [0.717, 1.165) is 96.3 Å². The molecule has 0 heterocycles. The molecule has 0 saturated carbocycles. The van der Waals surface area contributed by atoms with Crippen LogP contribution >= 0.6 is 0 Å². The van der Waals surface area contributed by atoms with Gasteiger partial charge in [0, 0.05) is 12.8 Å². The summed E-state index contributed by atoms with van der Waals surface area (Å²) in [7, 11) is 5.87. The Labute approximate surface area is 310 Å². The van der Waals surface area contributed by atoms with E-state index >= 15 is 0 Å². The lowest BCUT2D eigenvalue weighted by atomic mass is 10.1. The average molecular weight is 718 g/mol. The maximum absolute atomic E-state index is 12.6. The van der Waals surface area contributed by atoms with Crippen molar-refractivity contribution in [3.63, 3.8) is 0 Å². The lowest BCUT2D eigenvalue weighted by Crippen LogP contribution is -2.44. The van der Waals surface area contributed by atoms with Crippen molar-refractivity contribution in [1.29, 1.82) is 0 Å². The lowest BCUT2D eigenvalue weighted by Gasteiger charge is -2.26. The highest BCUT2D eigenvalue weighted by molar-refractivity contribution is 5.70. The molecule has 0 rings (SSSR count). The van der Waals surface area contributed by atoms with Crippen LogP contribution in [0.4, 0.5) is 0 Å². The predicted octanol–water partition coefficient (Wildman–Crippen LogP) is 8.10. The molecule has 0 radical (unpaired) electrons. The molecule has 0 fully saturated rings. The largest absolute Gasteiger partial charge is 0.545 e. The second-order valence-electron chi connectivity index (χ2n) is 13.8. The number of allylic oxidation sites excluding steroid dienone is 10. The summed E-state index contributed by atoms with van der Waals surface area (Å²) in [4.78, 5) is 36.5. The van der Waals surface area contributed by atoms with Crippen LogP contribution in [0.1, 0.15) is 129 Å². The zero-order valence-corrected chi connectivity index (χ0v) is 32.7. The fraction of sp³-hybridized carbons (Fsp3) is 0.690. The second-order valence-corrected chi connectivity index (χ2v) is 13.8. The van der Waals surface area contributed by atoms with Crippen LogP contribution in [0.2, 0.25) is 0 Å². The molecule has 0 aromatic heterocycles. The molecule has 0 bridgehead atoms. The quantitative estimate of drug-likeness (QED) is 0.0216. The van der Waals surface area contributed by atoms with Gasteiger partial charge < -0.3 is 33.3 Å². The van der Waals surface area contributed by atoms with E-state index in [1.165, 1.54) is 0 Å². The number of likely N-dealkylation sites (N-methyl/N-ethyl adjacent to an activating group) is 1. The number of ether oxygens (including phenoxy) is 4. The highest BCUT2D eigenvalue weighted by Gasteiger charge is 2.21. The molecule has 0 N–H and O–H groups in total. The number of carboxylic acids is 1. The summed E-state index contributed by atoms with van der Waals surface area (Å²) in [5.41, 5.74) is 0. The van der Waals surface area contributed by atoms with Gasteiger partial charge >= 0.3 is 11.9 Å². The van der Waals surface area contributed by atoms with Gasteiger partial charge in [-0.25, -0.2) is 0 Å². The van der Waals surface area contributed by atoms with Crippen molar-refractivity contribution < 1.29 is 42.9 Å². The summed E-state index contributed by atoms with van der Waals surface area (Å²) in [5, 5.41) is 11.6. The Morgan fingerprint density at radius 3 is 1.67 bits per heavy atom. The third-order valence-corrected chi connectivity index (χ3v) is 7.78. The van der Waals surface area contributed by atoms with Crippen LogP contribution in [-0.2, 0) is 33.3 Å². The number of unbranched alkanes of at least 4 members (excludes halogenated alkanes) is 9. The van der Waals surface area contributed by atoms with Gasteiger partial charge in [-0.2, -0.15) is 0 Å². The molecule has 9 nitrogen and oxygen atoms in total.